The van der Waals surface area contributed by atoms with E-state index in [2.05, 4.69) is 0 Å². The second kappa shape index (κ2) is 11.0. The van der Waals surface area contributed by atoms with Crippen LogP contribution < -0.4 is 4.74 Å². The van der Waals surface area contributed by atoms with Crippen LogP contribution >= 0.6 is 0 Å². The maximum Gasteiger partial charge on any atom is 0.430 e. The number of amides is 2. The molecule has 2 unspecified atom stereocenters. The number of hydrogen-bond acceptors (Lipinski definition) is 4. The number of nitrogens with zero attached hydrogens (tertiary/aromatic N) is 1. The lowest BCUT2D eigenvalue weighted by Gasteiger charge is -2.33. The predicted molar refractivity (Wildman–Crippen MR) is 120 cm³/mol. The van der Waals surface area contributed by atoms with E-state index in [-0.39, 0.29) is 48.6 Å². The number of carbonyl (C=O) groups is 2. The number of hydrogen-bond donors (Lipinski definition) is 1. The largest absolute Gasteiger partial charge is 0.493 e. The van der Waals surface area contributed by atoms with Gasteiger partial charge in [0.25, 0.3) is 5.60 Å². The highest BCUT2D eigenvalue weighted by Gasteiger charge is 2.71. The number of aliphatic hydroxyl groups is 1. The topological polar surface area (TPSA) is 66.8 Å². The molecule has 2 amide bonds. The molecule has 1 N–H and O–H groups in total. The van der Waals surface area contributed by atoms with Gasteiger partial charge in [0, 0.05) is 12.1 Å². The van der Waals surface area contributed by atoms with E-state index < -0.39 is 28.9 Å². The van der Waals surface area contributed by atoms with Gasteiger partial charge in [0.1, 0.15) is 5.75 Å². The summed E-state index contributed by atoms with van der Waals surface area (Å²) >= 11 is 0. The van der Waals surface area contributed by atoms with Gasteiger partial charge in [-0.2, -0.15) is 26.3 Å². The Balaban J connectivity index is 2.09. The first kappa shape index (κ1) is 29.9. The molecular weight excluding hydrogens is 492 g/mol. The summed E-state index contributed by atoms with van der Waals surface area (Å²) in [6.45, 7) is 7.52. The third-order valence-corrected chi connectivity index (χ3v) is 7.06. The van der Waals surface area contributed by atoms with Gasteiger partial charge >= 0.3 is 12.4 Å². The van der Waals surface area contributed by atoms with Crippen molar-refractivity contribution >= 4 is 11.8 Å². The molecule has 1 aliphatic rings. The van der Waals surface area contributed by atoms with Crippen molar-refractivity contribution < 1.29 is 45.8 Å². The molecule has 36 heavy (non-hydrogen) atoms. The number of alkyl halides is 6. The highest BCUT2D eigenvalue weighted by Crippen LogP contribution is 2.50. The second-order valence-electron chi connectivity index (χ2n) is 9.36. The normalized spacial score (nSPS) is 21.4. The van der Waals surface area contributed by atoms with Crippen LogP contribution in [-0.4, -0.2) is 47.3 Å². The van der Waals surface area contributed by atoms with Gasteiger partial charge in [-0.3, -0.25) is 14.5 Å². The van der Waals surface area contributed by atoms with Crippen LogP contribution in [0.25, 0.3) is 0 Å². The molecule has 0 spiro atoms. The monoisotopic (exact) mass is 525 g/mol. The van der Waals surface area contributed by atoms with Gasteiger partial charge in [-0.1, -0.05) is 33.3 Å². The van der Waals surface area contributed by atoms with Crippen molar-refractivity contribution in [1.82, 2.24) is 4.90 Å². The van der Waals surface area contributed by atoms with Crippen LogP contribution in [0.5, 0.6) is 5.75 Å². The van der Waals surface area contributed by atoms with Crippen molar-refractivity contribution in [1.29, 1.82) is 0 Å². The van der Waals surface area contributed by atoms with E-state index in [1.807, 2.05) is 13.8 Å². The van der Waals surface area contributed by atoms with E-state index in [1.54, 1.807) is 13.8 Å². The van der Waals surface area contributed by atoms with E-state index in [0.717, 1.165) is 6.07 Å². The van der Waals surface area contributed by atoms with Gasteiger partial charge in [-0.15, -0.1) is 0 Å². The summed E-state index contributed by atoms with van der Waals surface area (Å²) in [5, 5.41) is 9.67. The Hall–Kier alpha value is -2.30. The van der Waals surface area contributed by atoms with Gasteiger partial charge in [-0.05, 0) is 56.7 Å². The van der Waals surface area contributed by atoms with Crippen molar-refractivity contribution in [3.8, 4) is 5.75 Å². The first-order valence-electron chi connectivity index (χ1n) is 12.1. The van der Waals surface area contributed by atoms with Crippen LogP contribution in [0.3, 0.4) is 0 Å². The predicted octanol–water partition coefficient (Wildman–Crippen LogP) is 5.92. The molecule has 1 aliphatic heterocycles. The second-order valence-corrected chi connectivity index (χ2v) is 9.36. The summed E-state index contributed by atoms with van der Waals surface area (Å²) in [6, 6.07) is 2.24. The third-order valence-electron chi connectivity index (χ3n) is 7.06. The van der Waals surface area contributed by atoms with Crippen molar-refractivity contribution in [2.75, 3.05) is 13.2 Å². The van der Waals surface area contributed by atoms with Gasteiger partial charge < -0.3 is 9.84 Å². The third kappa shape index (κ3) is 5.35. The maximum absolute atomic E-state index is 13.2. The van der Waals surface area contributed by atoms with E-state index in [1.165, 1.54) is 4.90 Å². The Bertz CT molecular complexity index is 931. The summed E-state index contributed by atoms with van der Waals surface area (Å²) < 4.78 is 85.1. The van der Waals surface area contributed by atoms with Gasteiger partial charge in [0.05, 0.1) is 17.9 Å². The van der Waals surface area contributed by atoms with Crippen molar-refractivity contribution in [3.05, 3.63) is 29.3 Å². The van der Waals surface area contributed by atoms with Crippen molar-refractivity contribution in [3.63, 3.8) is 0 Å². The molecule has 5 nitrogen and oxygen atoms in total. The minimum Gasteiger partial charge on any atom is -0.493 e. The fourth-order valence-electron chi connectivity index (χ4n) is 4.70. The lowest BCUT2D eigenvalue weighted by Crippen LogP contribution is -2.53. The summed E-state index contributed by atoms with van der Waals surface area (Å²) in [5.41, 5.74) is -6.95. The molecule has 1 aromatic rings. The fraction of sp³-hybridized carbons (Fsp3) is 0.680. The molecule has 1 aromatic carbocycles. The first-order valence-corrected chi connectivity index (χ1v) is 12.1. The summed E-state index contributed by atoms with van der Waals surface area (Å²) in [7, 11) is 0. The first-order chi connectivity index (χ1) is 16.6. The fourth-order valence-corrected chi connectivity index (χ4v) is 4.70. The number of imide groups is 1. The van der Waals surface area contributed by atoms with Gasteiger partial charge in [-0.25, -0.2) is 0 Å². The zero-order valence-electron chi connectivity index (χ0n) is 20.9. The lowest BCUT2D eigenvalue weighted by molar-refractivity contribution is -0.376. The Morgan fingerprint density at radius 1 is 1.03 bits per heavy atom. The molecule has 0 aromatic heterocycles. The minimum atomic E-state index is -5.97. The summed E-state index contributed by atoms with van der Waals surface area (Å²) in [5.74, 6) is -0.653. The maximum atomic E-state index is 13.2. The lowest BCUT2D eigenvalue weighted by atomic mass is 9.75. The molecule has 0 saturated carbocycles. The quantitative estimate of drug-likeness (QED) is 0.221. The Morgan fingerprint density at radius 3 is 2.11 bits per heavy atom. The molecule has 1 heterocycles. The van der Waals surface area contributed by atoms with Crippen molar-refractivity contribution in [2.24, 2.45) is 11.3 Å². The number of rotatable bonds is 11. The van der Waals surface area contributed by atoms with Crippen LogP contribution in [0.1, 0.15) is 70.9 Å². The van der Waals surface area contributed by atoms with Crippen LogP contribution in [0.2, 0.25) is 0 Å². The van der Waals surface area contributed by atoms with E-state index in [9.17, 15) is 41.0 Å². The number of ether oxygens (including phenoxy) is 1. The summed E-state index contributed by atoms with van der Waals surface area (Å²) in [4.78, 5) is 26.7. The zero-order valence-corrected chi connectivity index (χ0v) is 20.9. The molecule has 1 fully saturated rings. The average Bonchev–Trinajstić information content (AvgIpc) is 2.97. The molecular formula is C25H33F6NO4. The average molecular weight is 526 g/mol. The van der Waals surface area contributed by atoms with E-state index in [4.69, 9.17) is 4.74 Å². The molecule has 11 heteroatoms. The van der Waals surface area contributed by atoms with Crippen LogP contribution in [0, 0.1) is 11.3 Å². The number of carbonyl (C=O) groups excluding carboxylic acids is 2. The molecule has 2 atom stereocenters. The molecule has 0 aliphatic carbocycles. The number of unbranched alkanes of at least 4 members (excludes halogenated alkanes) is 1. The highest BCUT2D eigenvalue weighted by atomic mass is 19.4. The Labute approximate surface area is 206 Å². The Morgan fingerprint density at radius 2 is 1.64 bits per heavy atom. The van der Waals surface area contributed by atoms with Crippen LogP contribution in [0.15, 0.2) is 18.2 Å². The highest BCUT2D eigenvalue weighted by molar-refractivity contribution is 6.07. The van der Waals surface area contributed by atoms with E-state index in [0.29, 0.717) is 44.2 Å². The SMILES string of the molecule is CCCc1cc(C(O)(C(F)(F)F)C(F)(F)F)ccc1OCCCCN1C(=O)C(CC)C(C)(CC)C1=O. The van der Waals surface area contributed by atoms with Gasteiger partial charge in [0.2, 0.25) is 11.8 Å². The number of aryl methyl sites for hydroxylation is 1. The molecule has 2 rings (SSSR count). The van der Waals surface area contributed by atoms with Crippen LogP contribution in [0.4, 0.5) is 26.3 Å². The zero-order chi connectivity index (χ0) is 27.5. The van der Waals surface area contributed by atoms with Crippen LogP contribution in [-0.2, 0) is 21.6 Å². The van der Waals surface area contributed by atoms with E-state index >= 15 is 0 Å². The minimum absolute atomic E-state index is 0.0807. The standard InChI is InChI=1S/C25H33F6NO4/c1-5-10-16-15-17(23(35,24(26,27)28)25(29,30)31)11-12-19(16)36-14-9-8-13-32-20(33)18(6-2)22(4,7-3)21(32)34/h11-12,15,18,35H,5-10,13-14H2,1-4H3. The van der Waals surface area contributed by atoms with Gasteiger partial charge in [0.15, 0.2) is 0 Å². The number of likely N-dealkylation sites (tertiary alicyclic amines) is 1. The smallest absolute Gasteiger partial charge is 0.430 e. The number of halogens is 6. The van der Waals surface area contributed by atoms with Crippen molar-refractivity contribution in [2.45, 2.75) is 84.2 Å². The summed E-state index contributed by atoms with van der Waals surface area (Å²) in [6.07, 6.45) is -9.44. The molecule has 0 radical (unpaired) electrons. The Kier molecular flexibility index (Phi) is 9.13. The molecule has 1 saturated heterocycles. The molecule has 204 valence electrons. The number of benzene rings is 1. The molecule has 0 bridgehead atoms.